The fourth-order valence-corrected chi connectivity index (χ4v) is 5.35. The molecule has 10 nitrogen and oxygen atoms in total. The molecule has 0 radical (unpaired) electrons. The maximum absolute atomic E-state index is 14.4. The van der Waals surface area contributed by atoms with Crippen molar-refractivity contribution in [3.63, 3.8) is 0 Å². The zero-order chi connectivity index (χ0) is 31.3. The largest absolute Gasteiger partial charge is 0.481 e. The van der Waals surface area contributed by atoms with Gasteiger partial charge in [-0.15, -0.1) is 0 Å². The zero-order valence-electron chi connectivity index (χ0n) is 23.8. The molecule has 0 saturated heterocycles. The third-order valence-electron chi connectivity index (χ3n) is 7.11. The van der Waals surface area contributed by atoms with Crippen LogP contribution in [0.15, 0.2) is 75.6 Å². The van der Waals surface area contributed by atoms with Gasteiger partial charge in [0.1, 0.15) is 22.7 Å². The maximum Gasteiger partial charge on any atom is 0.255 e. The lowest BCUT2D eigenvalue weighted by Crippen LogP contribution is -2.25. The number of para-hydroxylation sites is 1. The Morgan fingerprint density at radius 3 is 2.36 bits per heavy atom. The predicted octanol–water partition coefficient (Wildman–Crippen LogP) is 6.01. The third kappa shape index (κ3) is 5.00. The van der Waals surface area contributed by atoms with Gasteiger partial charge in [-0.05, 0) is 48.5 Å². The van der Waals surface area contributed by atoms with Crippen LogP contribution in [0, 0.1) is 11.6 Å². The van der Waals surface area contributed by atoms with Crippen molar-refractivity contribution in [1.29, 1.82) is 0 Å². The molecule has 0 fully saturated rings. The molecule has 0 aliphatic heterocycles. The van der Waals surface area contributed by atoms with Crippen molar-refractivity contribution < 1.29 is 35.6 Å². The highest BCUT2D eigenvalue weighted by Gasteiger charge is 2.27. The smallest absolute Gasteiger partial charge is 0.255 e. The molecule has 0 spiro atoms. The fourth-order valence-electron chi connectivity index (χ4n) is 4.84. The lowest BCUT2D eigenvalue weighted by atomic mass is 10.00. The average Bonchev–Trinajstić information content (AvgIpc) is 3.62. The van der Waals surface area contributed by atoms with Crippen LogP contribution in [0.1, 0.15) is 10.4 Å². The van der Waals surface area contributed by atoms with Gasteiger partial charge < -0.3 is 18.9 Å². The highest BCUT2D eigenvalue weighted by Crippen LogP contribution is 2.42. The molecule has 1 N–H and O–H groups in total. The highest BCUT2D eigenvalue weighted by atomic mass is 32.2. The minimum absolute atomic E-state index is 0.0423. The molecule has 224 valence electrons. The number of carbonyl (C=O) groups excluding carboxylic acids is 1. The van der Waals surface area contributed by atoms with Gasteiger partial charge in [-0.25, -0.2) is 27.2 Å². The van der Waals surface area contributed by atoms with E-state index < -0.39 is 27.6 Å². The number of fused-ring (bicyclic) bond motifs is 2. The lowest BCUT2D eigenvalue weighted by Gasteiger charge is -2.20. The van der Waals surface area contributed by atoms with Gasteiger partial charge in [0, 0.05) is 48.3 Å². The number of sulfonamides is 1. The summed E-state index contributed by atoms with van der Waals surface area (Å²) in [5.41, 5.74) is 2.16. The number of furan rings is 1. The number of benzene rings is 3. The summed E-state index contributed by atoms with van der Waals surface area (Å²) in [5, 5.41) is 2.95. The van der Waals surface area contributed by atoms with E-state index in [2.05, 4.69) is 15.3 Å². The van der Waals surface area contributed by atoms with Gasteiger partial charge in [-0.2, -0.15) is 0 Å². The summed E-state index contributed by atoms with van der Waals surface area (Å²) in [6, 6.07) is 16.0. The Morgan fingerprint density at radius 2 is 1.70 bits per heavy atom. The quantitative estimate of drug-likeness (QED) is 0.230. The third-order valence-corrected chi connectivity index (χ3v) is 8.30. The second-order valence-electron chi connectivity index (χ2n) is 9.88. The SMILES string of the molecule is CNC(=O)c1c(-c2ccc(F)cc2)oc2cc(N(C)S(C)(=O)=O)c(-c3cc(-c4nc5c(F)cccc5o4)cc(OC)n3)cc12. The predicted molar refractivity (Wildman–Crippen MR) is 161 cm³/mol. The Kier molecular flexibility index (Phi) is 7.04. The molecule has 13 heteroatoms. The number of nitrogens with one attached hydrogen (secondary N) is 1. The van der Waals surface area contributed by atoms with Gasteiger partial charge >= 0.3 is 0 Å². The lowest BCUT2D eigenvalue weighted by molar-refractivity contribution is 0.0964. The number of methoxy groups -OCH3 is 1. The Balaban J connectivity index is 1.65. The molecule has 6 aromatic rings. The molecule has 0 aliphatic carbocycles. The number of amides is 1. The number of rotatable bonds is 7. The average molecular weight is 619 g/mol. The van der Waals surface area contributed by atoms with Crippen LogP contribution in [0.25, 0.3) is 56.1 Å². The summed E-state index contributed by atoms with van der Waals surface area (Å²) in [6.07, 6.45) is 1.04. The van der Waals surface area contributed by atoms with Crippen LogP contribution in [-0.2, 0) is 10.0 Å². The monoisotopic (exact) mass is 618 g/mol. The number of ether oxygens (including phenoxy) is 1. The molecule has 0 atom stereocenters. The molecule has 0 bridgehead atoms. The number of aromatic nitrogens is 2. The van der Waals surface area contributed by atoms with E-state index in [0.717, 1.165) is 10.6 Å². The van der Waals surface area contributed by atoms with E-state index in [1.807, 2.05) is 0 Å². The van der Waals surface area contributed by atoms with Gasteiger partial charge in [-0.3, -0.25) is 9.10 Å². The number of carbonyl (C=O) groups is 1. The number of hydrogen-bond donors (Lipinski definition) is 1. The van der Waals surface area contributed by atoms with Gasteiger partial charge in [0.2, 0.25) is 21.8 Å². The van der Waals surface area contributed by atoms with Gasteiger partial charge in [0.05, 0.1) is 30.3 Å². The molecule has 44 heavy (non-hydrogen) atoms. The van der Waals surface area contributed by atoms with E-state index in [0.29, 0.717) is 22.1 Å². The fraction of sp³-hybridized carbons (Fsp3) is 0.129. The van der Waals surface area contributed by atoms with E-state index in [1.54, 1.807) is 24.3 Å². The van der Waals surface area contributed by atoms with Gasteiger partial charge in [-0.1, -0.05) is 6.07 Å². The summed E-state index contributed by atoms with van der Waals surface area (Å²) < 4.78 is 72.1. The van der Waals surface area contributed by atoms with Crippen LogP contribution in [0.3, 0.4) is 0 Å². The molecule has 6 rings (SSSR count). The van der Waals surface area contributed by atoms with Crippen molar-refractivity contribution in [2.75, 3.05) is 31.8 Å². The summed E-state index contributed by atoms with van der Waals surface area (Å²) >= 11 is 0. The first-order chi connectivity index (χ1) is 21.0. The van der Waals surface area contributed by atoms with Crippen molar-refractivity contribution in [3.8, 4) is 39.9 Å². The molecular formula is C31H24F2N4O6S. The summed E-state index contributed by atoms with van der Waals surface area (Å²) in [6.45, 7) is 0. The van der Waals surface area contributed by atoms with Gasteiger partial charge in [0.15, 0.2) is 11.4 Å². The van der Waals surface area contributed by atoms with Crippen molar-refractivity contribution in [1.82, 2.24) is 15.3 Å². The molecular weight excluding hydrogens is 594 g/mol. The molecule has 3 aromatic heterocycles. The second-order valence-corrected chi connectivity index (χ2v) is 11.9. The van der Waals surface area contributed by atoms with Crippen LogP contribution >= 0.6 is 0 Å². The van der Waals surface area contributed by atoms with Crippen LogP contribution in [0.2, 0.25) is 0 Å². The number of pyridine rings is 1. The molecule has 0 saturated carbocycles. The van der Waals surface area contributed by atoms with Crippen molar-refractivity contribution in [2.24, 2.45) is 0 Å². The number of oxazole rings is 1. The van der Waals surface area contributed by atoms with Gasteiger partial charge in [0.25, 0.3) is 5.91 Å². The first kappa shape index (κ1) is 28.8. The van der Waals surface area contributed by atoms with Crippen molar-refractivity contribution in [3.05, 3.63) is 83.9 Å². The topological polar surface area (TPSA) is 128 Å². The Morgan fingerprint density at radius 1 is 0.955 bits per heavy atom. The summed E-state index contributed by atoms with van der Waals surface area (Å²) in [5.74, 6) is -1.12. The second kappa shape index (κ2) is 10.8. The van der Waals surface area contributed by atoms with Crippen LogP contribution in [0.4, 0.5) is 14.5 Å². The normalized spacial score (nSPS) is 11.7. The molecule has 3 heterocycles. The van der Waals surface area contributed by atoms with E-state index in [4.69, 9.17) is 13.6 Å². The molecule has 0 aliphatic rings. The number of hydrogen-bond acceptors (Lipinski definition) is 8. The van der Waals surface area contributed by atoms with E-state index in [-0.39, 0.29) is 51.2 Å². The summed E-state index contributed by atoms with van der Waals surface area (Å²) in [7, 11) is 0.438. The van der Waals surface area contributed by atoms with Crippen LogP contribution in [0.5, 0.6) is 5.88 Å². The van der Waals surface area contributed by atoms with Crippen molar-refractivity contribution in [2.45, 2.75) is 0 Å². The Labute approximate surface area is 249 Å². The molecule has 0 unspecified atom stereocenters. The highest BCUT2D eigenvalue weighted by molar-refractivity contribution is 7.92. The maximum atomic E-state index is 14.4. The van der Waals surface area contributed by atoms with E-state index in [9.17, 15) is 22.0 Å². The standard InChI is InChI=1S/C31H24F2N4O6S/c1-34-30(38)27-20-14-19(22-12-17(13-26(35-22)41-3)31-36-28-21(33)6-5-7-24(28)43-31)23(37(2)44(4,39)40)15-25(20)42-29(27)16-8-10-18(32)11-9-16/h5-15H,1-4H3,(H,34,38). The minimum Gasteiger partial charge on any atom is -0.481 e. The molecule has 3 aromatic carbocycles. The first-order valence-corrected chi connectivity index (χ1v) is 15.0. The van der Waals surface area contributed by atoms with Crippen LogP contribution < -0.4 is 14.4 Å². The molecule has 1 amide bonds. The number of halogens is 2. The van der Waals surface area contributed by atoms with E-state index in [1.165, 1.54) is 63.7 Å². The Bertz CT molecular complexity index is 2190. The van der Waals surface area contributed by atoms with Crippen molar-refractivity contribution >= 4 is 43.7 Å². The number of nitrogens with zero attached hydrogens (tertiary/aromatic N) is 3. The first-order valence-electron chi connectivity index (χ1n) is 13.1. The summed E-state index contributed by atoms with van der Waals surface area (Å²) in [4.78, 5) is 22.1. The number of anilines is 1. The zero-order valence-corrected chi connectivity index (χ0v) is 24.6. The Hall–Kier alpha value is -5.30. The van der Waals surface area contributed by atoms with E-state index >= 15 is 0 Å². The van der Waals surface area contributed by atoms with Crippen LogP contribution in [-0.4, -0.2) is 51.8 Å². The minimum atomic E-state index is -3.80.